The van der Waals surface area contributed by atoms with E-state index in [0.29, 0.717) is 0 Å². The molecule has 3 aromatic rings. The van der Waals surface area contributed by atoms with Gasteiger partial charge in [0.2, 0.25) is 11.8 Å². The molecule has 17 heteroatoms. The number of benzene rings is 1. The summed E-state index contributed by atoms with van der Waals surface area (Å²) < 4.78 is 90.6. The molecule has 0 radical (unpaired) electrons. The van der Waals surface area contributed by atoms with E-state index >= 15 is 8.78 Å². The predicted molar refractivity (Wildman–Crippen MR) is 145 cm³/mol. The molecule has 4 N–H and O–H groups in total. The lowest BCUT2D eigenvalue weighted by Crippen LogP contribution is -2.47. The molecular formula is C25H33F2N6O8P. The lowest BCUT2D eigenvalue weighted by molar-refractivity contribution is -0.202. The van der Waals surface area contributed by atoms with Crippen LogP contribution in [0.1, 0.15) is 43.6 Å². The van der Waals surface area contributed by atoms with Crippen LogP contribution in [0, 0.1) is 0 Å². The molecule has 0 spiro atoms. The fourth-order valence-electron chi connectivity index (χ4n) is 4.00. The molecule has 4 rings (SSSR count). The number of carbonyl (C=O) groups is 1. The SMILES string of the molecule is [2H]C([2H])(OP(=O)(N[C@H](C)C(=O)OC(C)C)Oc1ccccc1)[C@@]1(F)O[C@@H](n2cnc3c(OCC)nc(N)nc32)[C@](C)(F)[C@@H]1O. The van der Waals surface area contributed by atoms with Gasteiger partial charge in [-0.05, 0) is 46.8 Å². The zero-order chi connectivity index (χ0) is 32.7. The molecule has 0 aliphatic carbocycles. The van der Waals surface area contributed by atoms with Crippen LogP contribution in [0.4, 0.5) is 14.7 Å². The summed E-state index contributed by atoms with van der Waals surface area (Å²) >= 11 is 0. The highest BCUT2D eigenvalue weighted by Crippen LogP contribution is 2.52. The molecule has 42 heavy (non-hydrogen) atoms. The number of hydrogen-bond acceptors (Lipinski definition) is 12. The number of esters is 1. The highest BCUT2D eigenvalue weighted by atomic mass is 31.2. The summed E-state index contributed by atoms with van der Waals surface area (Å²) in [5, 5.41) is 13.1. The molecule has 230 valence electrons. The van der Waals surface area contributed by atoms with Gasteiger partial charge in [-0.1, -0.05) is 18.2 Å². The van der Waals surface area contributed by atoms with Crippen LogP contribution < -0.4 is 20.1 Å². The number of fused-ring (bicyclic) bond motifs is 1. The van der Waals surface area contributed by atoms with Gasteiger partial charge in [-0.3, -0.25) is 13.9 Å². The van der Waals surface area contributed by atoms with E-state index in [4.69, 9.17) is 31.7 Å². The van der Waals surface area contributed by atoms with Gasteiger partial charge >= 0.3 is 13.7 Å². The molecule has 2 aromatic heterocycles. The first-order chi connectivity index (χ1) is 20.4. The average Bonchev–Trinajstić information content (AvgIpc) is 3.41. The molecule has 3 heterocycles. The summed E-state index contributed by atoms with van der Waals surface area (Å²) in [4.78, 5) is 24.4. The highest BCUT2D eigenvalue weighted by Gasteiger charge is 2.65. The standard InChI is InChI=1S/C25H33F2N6O8P/c1-6-37-19-17-18(30-23(28)31-19)33(13-29-17)22-24(5,26)21(35)25(27,40-22)12-38-42(36,41-16-10-8-7-9-11-16)32-15(4)20(34)39-14(2)3/h7-11,13-15,21-22,35H,6,12H2,1-5H3,(H,32,36)(H2,28,30,31)/t15-,21+,22-,24-,25-,42?/m1/s1/i12D2. The van der Waals surface area contributed by atoms with Gasteiger partial charge in [0.15, 0.2) is 29.2 Å². The largest absolute Gasteiger partial charge is 0.476 e. The van der Waals surface area contributed by atoms with E-state index in [1.165, 1.54) is 31.2 Å². The molecule has 0 bridgehead atoms. The number of nitrogens with zero attached hydrogens (tertiary/aromatic N) is 4. The number of aromatic nitrogens is 4. The monoisotopic (exact) mass is 616 g/mol. The van der Waals surface area contributed by atoms with Gasteiger partial charge in [0.05, 0.1) is 21.8 Å². The molecule has 0 amide bonds. The Morgan fingerprint density at radius 1 is 1.31 bits per heavy atom. The van der Waals surface area contributed by atoms with Gasteiger partial charge in [-0.2, -0.15) is 15.1 Å². The van der Waals surface area contributed by atoms with Gasteiger partial charge in [-0.25, -0.2) is 18.3 Å². The molecule has 1 aliphatic heterocycles. The molecule has 1 unspecified atom stereocenters. The number of nitrogens with two attached hydrogens (primary N) is 1. The van der Waals surface area contributed by atoms with Crippen molar-refractivity contribution in [1.29, 1.82) is 0 Å². The second kappa shape index (κ2) is 12.1. The van der Waals surface area contributed by atoms with Gasteiger partial charge in [0.25, 0.3) is 5.85 Å². The third-order valence-corrected chi connectivity index (χ3v) is 7.41. The number of nitrogen functional groups attached to an aromatic ring is 1. The van der Waals surface area contributed by atoms with E-state index < -0.39 is 56.3 Å². The smallest absolute Gasteiger partial charge is 0.459 e. The maximum atomic E-state index is 16.6. The number of carbonyl (C=O) groups excluding carboxylic acids is 1. The van der Waals surface area contributed by atoms with Crippen LogP contribution in [0.15, 0.2) is 36.7 Å². The Morgan fingerprint density at radius 3 is 2.64 bits per heavy atom. The minimum Gasteiger partial charge on any atom is -0.476 e. The normalized spacial score (nSPS) is 27.3. The summed E-state index contributed by atoms with van der Waals surface area (Å²) in [6, 6.07) is 5.83. The van der Waals surface area contributed by atoms with Crippen LogP contribution >= 0.6 is 7.75 Å². The van der Waals surface area contributed by atoms with Crippen LogP contribution in [-0.4, -0.2) is 73.5 Å². The van der Waals surface area contributed by atoms with Crippen LogP contribution in [0.25, 0.3) is 11.2 Å². The van der Waals surface area contributed by atoms with Crippen molar-refractivity contribution in [3.63, 3.8) is 0 Å². The summed E-state index contributed by atoms with van der Waals surface area (Å²) in [6.07, 6.45) is -4.57. The number of para-hydroxylation sites is 1. The number of aliphatic hydroxyl groups is 1. The summed E-state index contributed by atoms with van der Waals surface area (Å²) in [6.45, 7) is 3.04. The van der Waals surface area contributed by atoms with Crippen LogP contribution in [0.3, 0.4) is 0 Å². The minimum atomic E-state index is -5.07. The van der Waals surface area contributed by atoms with Gasteiger partial charge < -0.3 is 29.6 Å². The third kappa shape index (κ3) is 6.47. The number of imidazole rings is 1. The number of hydrogen-bond donors (Lipinski definition) is 3. The lowest BCUT2D eigenvalue weighted by atomic mass is 9.97. The number of alkyl halides is 2. The number of halogens is 2. The van der Waals surface area contributed by atoms with Crippen molar-refractivity contribution in [2.75, 3.05) is 18.9 Å². The second-order valence-electron chi connectivity index (χ2n) is 9.74. The molecule has 1 saturated heterocycles. The Kier molecular flexibility index (Phi) is 8.23. The van der Waals surface area contributed by atoms with E-state index in [-0.39, 0.29) is 35.3 Å². The molecule has 14 nitrogen and oxygen atoms in total. The number of aliphatic hydroxyl groups excluding tert-OH is 1. The van der Waals surface area contributed by atoms with Crippen LogP contribution in [0.5, 0.6) is 11.6 Å². The molecular weight excluding hydrogens is 581 g/mol. The Morgan fingerprint density at radius 2 is 2.00 bits per heavy atom. The topological polar surface area (TPSA) is 182 Å². The molecule has 1 aromatic carbocycles. The molecule has 1 fully saturated rings. The van der Waals surface area contributed by atoms with Crippen molar-refractivity contribution in [3.05, 3.63) is 36.7 Å². The van der Waals surface area contributed by atoms with Gasteiger partial charge in [0, 0.05) is 0 Å². The van der Waals surface area contributed by atoms with Crippen molar-refractivity contribution in [2.45, 2.75) is 70.6 Å². The fraction of sp³-hybridized carbons (Fsp3) is 0.520. The third-order valence-electron chi connectivity index (χ3n) is 5.92. The van der Waals surface area contributed by atoms with Gasteiger partial charge in [0.1, 0.15) is 18.4 Å². The molecule has 6 atom stereocenters. The first-order valence-electron chi connectivity index (χ1n) is 13.8. The Labute approximate surface area is 242 Å². The van der Waals surface area contributed by atoms with Gasteiger partial charge in [-0.15, -0.1) is 0 Å². The Balaban J connectivity index is 1.71. The van der Waals surface area contributed by atoms with Crippen molar-refractivity contribution < 1.29 is 49.2 Å². The van der Waals surface area contributed by atoms with E-state index in [1.807, 2.05) is 0 Å². The molecule has 0 saturated carbocycles. The van der Waals surface area contributed by atoms with Crippen molar-refractivity contribution in [2.24, 2.45) is 0 Å². The van der Waals surface area contributed by atoms with Crippen LogP contribution in [0.2, 0.25) is 0 Å². The van der Waals surface area contributed by atoms with E-state index in [9.17, 15) is 14.5 Å². The van der Waals surface area contributed by atoms with Crippen molar-refractivity contribution in [1.82, 2.24) is 24.6 Å². The predicted octanol–water partition coefficient (Wildman–Crippen LogP) is 3.22. The average molecular weight is 617 g/mol. The lowest BCUT2D eigenvalue weighted by Gasteiger charge is -2.28. The zero-order valence-electron chi connectivity index (χ0n) is 25.4. The Bertz CT molecular complexity index is 1550. The van der Waals surface area contributed by atoms with Crippen molar-refractivity contribution >= 4 is 30.8 Å². The fourth-order valence-corrected chi connectivity index (χ4v) is 5.37. The summed E-state index contributed by atoms with van der Waals surface area (Å²) in [5.41, 5.74) is 2.50. The van der Waals surface area contributed by atoms with Crippen LogP contribution in [-0.2, 0) is 23.4 Å². The maximum absolute atomic E-state index is 16.6. The number of nitrogens with one attached hydrogen (secondary N) is 1. The highest BCUT2D eigenvalue weighted by molar-refractivity contribution is 7.52. The van der Waals surface area contributed by atoms with E-state index in [0.717, 1.165) is 17.8 Å². The first kappa shape index (κ1) is 28.7. The van der Waals surface area contributed by atoms with E-state index in [1.54, 1.807) is 26.8 Å². The zero-order valence-corrected chi connectivity index (χ0v) is 24.2. The quantitative estimate of drug-likeness (QED) is 0.199. The summed E-state index contributed by atoms with van der Waals surface area (Å²) in [5.74, 6) is -5.43. The summed E-state index contributed by atoms with van der Waals surface area (Å²) in [7, 11) is -5.07. The number of anilines is 1. The number of ether oxygens (including phenoxy) is 3. The first-order valence-corrected chi connectivity index (χ1v) is 14.4. The van der Waals surface area contributed by atoms with Crippen molar-refractivity contribution in [3.8, 4) is 11.6 Å². The second-order valence-corrected chi connectivity index (χ2v) is 11.4. The minimum absolute atomic E-state index is 0.00204. The maximum Gasteiger partial charge on any atom is 0.459 e. The number of rotatable bonds is 12. The molecule has 1 aliphatic rings. The Hall–Kier alpha value is -3.43. The van der Waals surface area contributed by atoms with E-state index in [2.05, 4.69) is 20.0 Å².